The number of carbonyl (C=O) groups is 1. The monoisotopic (exact) mass is 319 g/mol. The van der Waals surface area contributed by atoms with Crippen LogP contribution in [0.4, 0.5) is 9.18 Å². The predicted molar refractivity (Wildman–Crippen MR) is 88.6 cm³/mol. The summed E-state index contributed by atoms with van der Waals surface area (Å²) in [4.78, 5) is 14.1. The Kier molecular flexibility index (Phi) is 4.57. The highest BCUT2D eigenvalue weighted by atomic mass is 19.1. The van der Waals surface area contributed by atoms with Crippen molar-refractivity contribution in [2.75, 3.05) is 26.7 Å². The number of carbonyl (C=O) groups excluding carboxylic acids is 1. The molecule has 1 aliphatic carbocycles. The van der Waals surface area contributed by atoms with Gasteiger partial charge in [0.25, 0.3) is 0 Å². The van der Waals surface area contributed by atoms with Crippen molar-refractivity contribution in [1.82, 2.24) is 15.5 Å². The van der Waals surface area contributed by atoms with Crippen LogP contribution in [-0.4, -0.2) is 37.6 Å². The third kappa shape index (κ3) is 3.34. The van der Waals surface area contributed by atoms with Crippen LogP contribution in [0.3, 0.4) is 0 Å². The van der Waals surface area contributed by atoms with Gasteiger partial charge in [0.15, 0.2) is 0 Å². The lowest BCUT2D eigenvalue weighted by molar-refractivity contribution is 0.181. The van der Waals surface area contributed by atoms with Gasteiger partial charge in [-0.15, -0.1) is 0 Å². The molecule has 2 aliphatic rings. The SMILES string of the molecule is CC(c1ccccc1F)N(C)C(=O)NCC1(C2CC2)CCNC1. The van der Waals surface area contributed by atoms with E-state index >= 15 is 0 Å². The lowest BCUT2D eigenvalue weighted by Gasteiger charge is -2.31. The second-order valence-electron chi connectivity index (χ2n) is 7.03. The van der Waals surface area contributed by atoms with Crippen LogP contribution in [0.2, 0.25) is 0 Å². The van der Waals surface area contributed by atoms with E-state index in [0.29, 0.717) is 12.1 Å². The average molecular weight is 319 g/mol. The maximum absolute atomic E-state index is 13.9. The van der Waals surface area contributed by atoms with E-state index in [1.807, 2.05) is 6.92 Å². The summed E-state index contributed by atoms with van der Waals surface area (Å²) >= 11 is 0. The lowest BCUT2D eigenvalue weighted by atomic mass is 9.81. The molecule has 1 aromatic rings. The Hall–Kier alpha value is -1.62. The molecule has 0 bridgehead atoms. The molecule has 1 saturated carbocycles. The Morgan fingerprint density at radius 2 is 2.22 bits per heavy atom. The van der Waals surface area contributed by atoms with Gasteiger partial charge in [-0.05, 0) is 44.7 Å². The van der Waals surface area contributed by atoms with Crippen LogP contribution in [0, 0.1) is 17.2 Å². The maximum atomic E-state index is 13.9. The Balaban J connectivity index is 1.60. The van der Waals surface area contributed by atoms with Gasteiger partial charge < -0.3 is 15.5 Å². The topological polar surface area (TPSA) is 44.4 Å². The van der Waals surface area contributed by atoms with Crippen LogP contribution >= 0.6 is 0 Å². The zero-order chi connectivity index (χ0) is 16.4. The van der Waals surface area contributed by atoms with Crippen LogP contribution in [-0.2, 0) is 0 Å². The molecule has 126 valence electrons. The molecular formula is C18H26FN3O. The Labute approximate surface area is 137 Å². The summed E-state index contributed by atoms with van der Waals surface area (Å²) < 4.78 is 13.9. The summed E-state index contributed by atoms with van der Waals surface area (Å²) in [6.07, 6.45) is 3.68. The molecule has 1 aliphatic heterocycles. The van der Waals surface area contributed by atoms with Gasteiger partial charge in [-0.3, -0.25) is 0 Å². The van der Waals surface area contributed by atoms with E-state index in [2.05, 4.69) is 10.6 Å². The number of nitrogens with one attached hydrogen (secondary N) is 2. The number of rotatable bonds is 5. The van der Waals surface area contributed by atoms with Crippen molar-refractivity contribution in [3.8, 4) is 0 Å². The molecule has 2 atom stereocenters. The van der Waals surface area contributed by atoms with Crippen LogP contribution in [0.25, 0.3) is 0 Å². The van der Waals surface area contributed by atoms with Crippen LogP contribution in [0.1, 0.15) is 37.8 Å². The molecule has 2 amide bonds. The van der Waals surface area contributed by atoms with Gasteiger partial charge in [-0.2, -0.15) is 0 Å². The van der Waals surface area contributed by atoms with Crippen LogP contribution in [0.15, 0.2) is 24.3 Å². The molecule has 1 aromatic carbocycles. The standard InChI is InChI=1S/C18H26FN3O/c1-13(15-5-3-4-6-16(15)19)22(2)17(23)21-12-18(14-7-8-14)9-10-20-11-18/h3-6,13-14,20H,7-12H2,1-2H3,(H,21,23). The second kappa shape index (κ2) is 6.48. The van der Waals surface area contributed by atoms with Crippen molar-refractivity contribution < 1.29 is 9.18 Å². The first-order valence-electron chi connectivity index (χ1n) is 8.49. The van der Waals surface area contributed by atoms with E-state index in [9.17, 15) is 9.18 Å². The minimum atomic E-state index is -0.297. The van der Waals surface area contributed by atoms with Crippen molar-refractivity contribution in [2.45, 2.75) is 32.2 Å². The van der Waals surface area contributed by atoms with E-state index in [-0.39, 0.29) is 23.3 Å². The number of halogens is 1. The van der Waals surface area contributed by atoms with Crippen molar-refractivity contribution in [1.29, 1.82) is 0 Å². The van der Waals surface area contributed by atoms with Gasteiger partial charge in [0.05, 0.1) is 6.04 Å². The number of amides is 2. The number of benzene rings is 1. The highest BCUT2D eigenvalue weighted by Crippen LogP contribution is 2.48. The molecule has 0 radical (unpaired) electrons. The van der Waals surface area contributed by atoms with Crippen molar-refractivity contribution in [3.63, 3.8) is 0 Å². The van der Waals surface area contributed by atoms with Crippen LogP contribution < -0.4 is 10.6 Å². The third-order valence-electron chi connectivity index (χ3n) is 5.57. The largest absolute Gasteiger partial charge is 0.337 e. The molecule has 4 nitrogen and oxygen atoms in total. The third-order valence-corrected chi connectivity index (χ3v) is 5.57. The number of hydrogen-bond donors (Lipinski definition) is 2. The van der Waals surface area contributed by atoms with Gasteiger partial charge >= 0.3 is 6.03 Å². The summed E-state index contributed by atoms with van der Waals surface area (Å²) in [5, 5.41) is 6.51. The lowest BCUT2D eigenvalue weighted by Crippen LogP contribution is -2.46. The van der Waals surface area contributed by atoms with Gasteiger partial charge in [0.1, 0.15) is 5.82 Å². The van der Waals surface area contributed by atoms with E-state index in [4.69, 9.17) is 0 Å². The zero-order valence-electron chi connectivity index (χ0n) is 13.9. The van der Waals surface area contributed by atoms with Gasteiger partial charge in [-0.25, -0.2) is 9.18 Å². The fourth-order valence-electron chi connectivity index (χ4n) is 3.68. The second-order valence-corrected chi connectivity index (χ2v) is 7.03. The van der Waals surface area contributed by atoms with E-state index in [1.54, 1.807) is 30.1 Å². The average Bonchev–Trinajstić information content (AvgIpc) is 3.31. The number of hydrogen-bond acceptors (Lipinski definition) is 2. The summed E-state index contributed by atoms with van der Waals surface area (Å²) in [6.45, 7) is 4.59. The molecule has 2 unspecified atom stereocenters. The molecular weight excluding hydrogens is 293 g/mol. The molecule has 1 heterocycles. The Morgan fingerprint density at radius 3 is 2.83 bits per heavy atom. The zero-order valence-corrected chi connectivity index (χ0v) is 13.9. The van der Waals surface area contributed by atoms with Gasteiger partial charge in [0.2, 0.25) is 0 Å². The number of nitrogens with zero attached hydrogens (tertiary/aromatic N) is 1. The van der Waals surface area contributed by atoms with E-state index in [1.165, 1.54) is 18.9 Å². The summed E-state index contributed by atoms with van der Waals surface area (Å²) in [5.41, 5.74) is 0.766. The smallest absolute Gasteiger partial charge is 0.317 e. The van der Waals surface area contributed by atoms with E-state index < -0.39 is 0 Å². The Bertz CT molecular complexity index is 567. The fourth-order valence-corrected chi connectivity index (χ4v) is 3.68. The predicted octanol–water partition coefficient (Wildman–Crippen LogP) is 2.92. The molecule has 0 spiro atoms. The van der Waals surface area contributed by atoms with Crippen molar-refractivity contribution >= 4 is 6.03 Å². The first kappa shape index (κ1) is 16.2. The molecule has 0 aromatic heterocycles. The Morgan fingerprint density at radius 1 is 1.48 bits per heavy atom. The molecule has 3 rings (SSSR count). The fraction of sp³-hybridized carbons (Fsp3) is 0.611. The highest BCUT2D eigenvalue weighted by Gasteiger charge is 2.47. The molecule has 2 fully saturated rings. The van der Waals surface area contributed by atoms with Crippen molar-refractivity contribution in [3.05, 3.63) is 35.6 Å². The quantitative estimate of drug-likeness (QED) is 0.876. The molecule has 23 heavy (non-hydrogen) atoms. The minimum absolute atomic E-state index is 0.132. The van der Waals surface area contributed by atoms with Crippen molar-refractivity contribution in [2.24, 2.45) is 11.3 Å². The highest BCUT2D eigenvalue weighted by molar-refractivity contribution is 5.74. The molecule has 5 heteroatoms. The summed E-state index contributed by atoms with van der Waals surface area (Å²) in [6, 6.07) is 6.20. The van der Waals surface area contributed by atoms with E-state index in [0.717, 1.165) is 25.4 Å². The first-order chi connectivity index (χ1) is 11.0. The van der Waals surface area contributed by atoms with Gasteiger partial charge in [0, 0.05) is 31.1 Å². The first-order valence-corrected chi connectivity index (χ1v) is 8.49. The van der Waals surface area contributed by atoms with Gasteiger partial charge in [-0.1, -0.05) is 18.2 Å². The molecule has 1 saturated heterocycles. The molecule has 2 N–H and O–H groups in total. The minimum Gasteiger partial charge on any atom is -0.337 e. The summed E-state index contributed by atoms with van der Waals surface area (Å²) in [7, 11) is 1.73. The summed E-state index contributed by atoms with van der Waals surface area (Å²) in [5.74, 6) is 0.473. The van der Waals surface area contributed by atoms with Crippen LogP contribution in [0.5, 0.6) is 0 Å². The number of urea groups is 1. The normalized spacial score (nSPS) is 25.2. The maximum Gasteiger partial charge on any atom is 0.317 e.